The molecule has 1 N–H and O–H groups in total. The topological polar surface area (TPSA) is 99.5 Å². The Hall–Kier alpha value is -2.20. The first-order valence-electron chi connectivity index (χ1n) is 7.18. The lowest BCUT2D eigenvalue weighted by Crippen LogP contribution is -2.19. The van der Waals surface area contributed by atoms with Crippen LogP contribution in [-0.2, 0) is 16.0 Å². The van der Waals surface area contributed by atoms with Crippen LogP contribution in [0.3, 0.4) is 0 Å². The summed E-state index contributed by atoms with van der Waals surface area (Å²) >= 11 is 4.24. The van der Waals surface area contributed by atoms with Crippen LogP contribution in [0.2, 0.25) is 0 Å². The van der Waals surface area contributed by atoms with Crippen molar-refractivity contribution in [2.75, 3.05) is 19.5 Å². The summed E-state index contributed by atoms with van der Waals surface area (Å²) in [4.78, 5) is 36.8. The van der Waals surface area contributed by atoms with Crippen LogP contribution in [0, 0.1) is 6.92 Å². The second-order valence-electron chi connectivity index (χ2n) is 4.85. The van der Waals surface area contributed by atoms with Gasteiger partial charge in [-0.25, -0.2) is 9.59 Å². The maximum Gasteiger partial charge on any atom is 0.348 e. The number of amides is 1. The average molecular weight is 430 g/mol. The molecule has 2 aromatic heterocycles. The normalized spacial score (nSPS) is 10.4. The van der Waals surface area contributed by atoms with Gasteiger partial charge >= 0.3 is 11.9 Å². The quantitative estimate of drug-likeness (QED) is 0.733. The van der Waals surface area contributed by atoms with E-state index in [4.69, 9.17) is 9.47 Å². The fourth-order valence-corrected chi connectivity index (χ4v) is 3.81. The van der Waals surface area contributed by atoms with Crippen molar-refractivity contribution in [2.24, 2.45) is 0 Å². The van der Waals surface area contributed by atoms with Crippen molar-refractivity contribution < 1.29 is 23.9 Å². The lowest BCUT2D eigenvalue weighted by atomic mass is 10.1. The Morgan fingerprint density at radius 1 is 1.28 bits per heavy atom. The number of esters is 2. The molecule has 25 heavy (non-hydrogen) atoms. The van der Waals surface area contributed by atoms with Crippen LogP contribution in [-0.4, -0.2) is 41.8 Å². The van der Waals surface area contributed by atoms with Crippen LogP contribution in [0.25, 0.3) is 0 Å². The van der Waals surface area contributed by atoms with Crippen molar-refractivity contribution in [3.63, 3.8) is 0 Å². The number of rotatable bonds is 5. The monoisotopic (exact) mass is 429 g/mol. The van der Waals surface area contributed by atoms with E-state index in [1.54, 1.807) is 6.92 Å². The van der Waals surface area contributed by atoms with Gasteiger partial charge in [0.1, 0.15) is 15.6 Å². The summed E-state index contributed by atoms with van der Waals surface area (Å²) in [6.07, 6.45) is 1.51. The second-order valence-corrected chi connectivity index (χ2v) is 6.73. The predicted octanol–water partition coefficient (Wildman–Crippen LogP) is 2.86. The van der Waals surface area contributed by atoms with E-state index in [2.05, 4.69) is 26.3 Å². The molecule has 0 radical (unpaired) electrons. The van der Waals surface area contributed by atoms with Gasteiger partial charge in [0.15, 0.2) is 0 Å². The van der Waals surface area contributed by atoms with Gasteiger partial charge in [-0.2, -0.15) is 5.10 Å². The minimum Gasteiger partial charge on any atom is -0.465 e. The van der Waals surface area contributed by atoms with Crippen LogP contribution in [0.1, 0.15) is 43.0 Å². The molecule has 1 amide bonds. The number of thiophene rings is 1. The van der Waals surface area contributed by atoms with E-state index in [9.17, 15) is 14.4 Å². The molecule has 0 unspecified atom stereocenters. The maximum absolute atomic E-state index is 12.6. The molecule has 0 fully saturated rings. The summed E-state index contributed by atoms with van der Waals surface area (Å²) in [6.45, 7) is 3.94. The smallest absolute Gasteiger partial charge is 0.348 e. The highest BCUT2D eigenvalue weighted by molar-refractivity contribution is 9.10. The molecule has 2 rings (SSSR count). The lowest BCUT2D eigenvalue weighted by molar-refractivity contribution is 0.0601. The molecule has 0 spiro atoms. The molecular formula is C15H16BrN3O5S. The van der Waals surface area contributed by atoms with Crippen molar-refractivity contribution in [3.8, 4) is 0 Å². The summed E-state index contributed by atoms with van der Waals surface area (Å²) in [5.74, 6) is -1.70. The average Bonchev–Trinajstić information content (AvgIpc) is 3.13. The zero-order valence-corrected chi connectivity index (χ0v) is 16.4. The van der Waals surface area contributed by atoms with Gasteiger partial charge in [0.2, 0.25) is 0 Å². The number of methoxy groups -OCH3 is 2. The standard InChI is InChI=1S/C15H16BrN3O5S/c1-5-19-10(8(16)6-17-19)12(20)18-13-9(14(21)23-3)7(2)11(25-13)15(22)24-4/h6H,5H2,1-4H3,(H,18,20). The SMILES string of the molecule is CCn1ncc(Br)c1C(=O)Nc1sc(C(=O)OC)c(C)c1C(=O)OC. The summed E-state index contributed by atoms with van der Waals surface area (Å²) in [7, 11) is 2.47. The van der Waals surface area contributed by atoms with Crippen molar-refractivity contribution in [1.29, 1.82) is 0 Å². The number of hydrogen-bond donors (Lipinski definition) is 1. The third kappa shape index (κ3) is 3.59. The second kappa shape index (κ2) is 7.79. The summed E-state index contributed by atoms with van der Waals surface area (Å²) < 4.78 is 11.5. The van der Waals surface area contributed by atoms with Crippen molar-refractivity contribution in [2.45, 2.75) is 20.4 Å². The molecule has 2 heterocycles. The molecule has 0 aliphatic rings. The van der Waals surface area contributed by atoms with E-state index in [0.29, 0.717) is 22.3 Å². The molecular weight excluding hydrogens is 414 g/mol. The Bertz CT molecular complexity index is 843. The first kappa shape index (κ1) is 19.1. The van der Waals surface area contributed by atoms with Gasteiger partial charge in [0, 0.05) is 6.54 Å². The van der Waals surface area contributed by atoms with Gasteiger partial charge in [-0.15, -0.1) is 11.3 Å². The van der Waals surface area contributed by atoms with Crippen LogP contribution in [0.4, 0.5) is 5.00 Å². The van der Waals surface area contributed by atoms with E-state index < -0.39 is 17.8 Å². The molecule has 10 heteroatoms. The Morgan fingerprint density at radius 3 is 2.48 bits per heavy atom. The van der Waals surface area contributed by atoms with E-state index in [0.717, 1.165) is 11.3 Å². The van der Waals surface area contributed by atoms with E-state index >= 15 is 0 Å². The molecule has 134 valence electrons. The third-order valence-corrected chi connectivity index (χ3v) is 5.21. The number of carbonyl (C=O) groups is 3. The molecule has 0 aliphatic carbocycles. The van der Waals surface area contributed by atoms with Gasteiger partial charge in [-0.1, -0.05) is 0 Å². The number of nitrogens with one attached hydrogen (secondary N) is 1. The predicted molar refractivity (Wildman–Crippen MR) is 95.3 cm³/mol. The Labute approximate surface area is 156 Å². The van der Waals surface area contributed by atoms with E-state index in [1.165, 1.54) is 25.1 Å². The van der Waals surface area contributed by atoms with Crippen molar-refractivity contribution >= 4 is 50.1 Å². The van der Waals surface area contributed by atoms with Gasteiger partial charge in [-0.05, 0) is 35.3 Å². The summed E-state index contributed by atoms with van der Waals surface area (Å²) in [5.41, 5.74) is 0.825. The number of halogens is 1. The fourth-order valence-electron chi connectivity index (χ4n) is 2.23. The number of ether oxygens (including phenoxy) is 2. The number of carbonyl (C=O) groups excluding carboxylic acids is 3. The van der Waals surface area contributed by atoms with E-state index in [-0.39, 0.29) is 15.4 Å². The van der Waals surface area contributed by atoms with Crippen LogP contribution < -0.4 is 5.32 Å². The molecule has 8 nitrogen and oxygen atoms in total. The number of anilines is 1. The maximum atomic E-state index is 12.6. The highest BCUT2D eigenvalue weighted by atomic mass is 79.9. The molecule has 0 aliphatic heterocycles. The van der Waals surface area contributed by atoms with Gasteiger partial charge in [0.05, 0.1) is 30.5 Å². The molecule has 0 saturated heterocycles. The molecule has 2 aromatic rings. The molecule has 0 aromatic carbocycles. The number of aromatic nitrogens is 2. The van der Waals surface area contributed by atoms with Crippen LogP contribution >= 0.6 is 27.3 Å². The Morgan fingerprint density at radius 2 is 1.92 bits per heavy atom. The first-order valence-corrected chi connectivity index (χ1v) is 8.79. The van der Waals surface area contributed by atoms with E-state index in [1.807, 2.05) is 6.92 Å². The summed E-state index contributed by atoms with van der Waals surface area (Å²) in [6, 6.07) is 0. The fraction of sp³-hybridized carbons (Fsp3) is 0.333. The van der Waals surface area contributed by atoms with Crippen LogP contribution in [0.5, 0.6) is 0 Å². The third-order valence-electron chi connectivity index (χ3n) is 3.44. The van der Waals surface area contributed by atoms with Crippen molar-refractivity contribution in [3.05, 3.63) is 32.4 Å². The minimum atomic E-state index is -0.651. The highest BCUT2D eigenvalue weighted by Crippen LogP contribution is 2.34. The van der Waals surface area contributed by atoms with Gasteiger partial charge in [0.25, 0.3) is 5.91 Å². The largest absolute Gasteiger partial charge is 0.465 e. The zero-order valence-electron chi connectivity index (χ0n) is 14.0. The Kier molecular flexibility index (Phi) is 5.96. The number of hydrogen-bond acceptors (Lipinski definition) is 7. The number of nitrogens with zero attached hydrogens (tertiary/aromatic N) is 2. The summed E-state index contributed by atoms with van der Waals surface area (Å²) in [5, 5.41) is 6.96. The minimum absolute atomic E-state index is 0.125. The van der Waals surface area contributed by atoms with Gasteiger partial charge < -0.3 is 14.8 Å². The van der Waals surface area contributed by atoms with Gasteiger partial charge in [-0.3, -0.25) is 9.48 Å². The molecule has 0 bridgehead atoms. The zero-order chi connectivity index (χ0) is 18.7. The molecule has 0 atom stereocenters. The highest BCUT2D eigenvalue weighted by Gasteiger charge is 2.28. The number of aryl methyl sites for hydroxylation is 1. The van der Waals surface area contributed by atoms with Crippen molar-refractivity contribution in [1.82, 2.24) is 9.78 Å². The van der Waals surface area contributed by atoms with Crippen LogP contribution in [0.15, 0.2) is 10.7 Å². The lowest BCUT2D eigenvalue weighted by Gasteiger charge is -2.08. The first-order chi connectivity index (χ1) is 11.8. The molecule has 0 saturated carbocycles. The Balaban J connectivity index is 2.48.